The summed E-state index contributed by atoms with van der Waals surface area (Å²) in [5.41, 5.74) is -0.812. The summed E-state index contributed by atoms with van der Waals surface area (Å²) in [5, 5.41) is 8.07. The highest BCUT2D eigenvalue weighted by Crippen LogP contribution is 2.32. The van der Waals surface area contributed by atoms with E-state index in [9.17, 15) is 22.8 Å². The van der Waals surface area contributed by atoms with Crippen molar-refractivity contribution < 1.29 is 27.5 Å². The molecule has 0 unspecified atom stereocenters. The molecule has 0 bridgehead atoms. The smallest absolute Gasteiger partial charge is 0.416 e. The van der Waals surface area contributed by atoms with E-state index >= 15 is 0 Å². The number of esters is 1. The summed E-state index contributed by atoms with van der Waals surface area (Å²) in [6, 6.07) is 7.86. The van der Waals surface area contributed by atoms with E-state index in [1.807, 2.05) is 0 Å². The highest BCUT2D eigenvalue weighted by atomic mass is 32.1. The third-order valence-corrected chi connectivity index (χ3v) is 4.54. The average molecular weight is 434 g/mol. The van der Waals surface area contributed by atoms with Crippen molar-refractivity contribution in [3.63, 3.8) is 0 Å². The van der Waals surface area contributed by atoms with Gasteiger partial charge in [0.1, 0.15) is 0 Å². The lowest BCUT2D eigenvalue weighted by Crippen LogP contribution is -2.29. The van der Waals surface area contributed by atoms with Gasteiger partial charge in [-0.1, -0.05) is 18.1 Å². The molecule has 154 valence electrons. The second-order valence-electron chi connectivity index (χ2n) is 5.75. The fourth-order valence-corrected chi connectivity index (χ4v) is 3.05. The fourth-order valence-electron chi connectivity index (χ4n) is 2.35. The van der Waals surface area contributed by atoms with Gasteiger partial charge in [-0.25, -0.2) is 9.48 Å². The Bertz CT molecular complexity index is 1100. The molecular formula is C19H13F3N4O3S. The van der Waals surface area contributed by atoms with Crippen LogP contribution in [0.4, 0.5) is 13.2 Å². The van der Waals surface area contributed by atoms with Crippen LogP contribution < -0.4 is 5.32 Å². The third kappa shape index (κ3) is 4.84. The highest BCUT2D eigenvalue weighted by molar-refractivity contribution is 7.13. The largest absolute Gasteiger partial charge is 0.450 e. The zero-order valence-corrected chi connectivity index (χ0v) is 16.0. The van der Waals surface area contributed by atoms with Crippen LogP contribution in [0.5, 0.6) is 0 Å². The molecule has 0 aliphatic rings. The predicted octanol–water partition coefficient (Wildman–Crippen LogP) is 2.92. The van der Waals surface area contributed by atoms with Gasteiger partial charge in [-0.2, -0.15) is 18.2 Å². The van der Waals surface area contributed by atoms with Crippen LogP contribution in [0.15, 0.2) is 41.8 Å². The number of nitrogens with zero attached hydrogens (tertiary/aromatic N) is 3. The van der Waals surface area contributed by atoms with Gasteiger partial charge in [0.2, 0.25) is 0 Å². The zero-order chi connectivity index (χ0) is 21.7. The Morgan fingerprint density at radius 3 is 2.73 bits per heavy atom. The van der Waals surface area contributed by atoms with E-state index in [2.05, 4.69) is 21.3 Å². The SMILES string of the molecule is C#CCNC(=O)COC(=O)c1nc(-c2cccs2)n(-c2cccc(C(F)(F)F)c2)n1. The van der Waals surface area contributed by atoms with Gasteiger partial charge in [0.05, 0.1) is 22.7 Å². The molecule has 0 fully saturated rings. The van der Waals surface area contributed by atoms with Crippen LogP contribution in [0.2, 0.25) is 0 Å². The Morgan fingerprint density at radius 1 is 1.27 bits per heavy atom. The number of halogens is 3. The number of ether oxygens (including phenoxy) is 1. The zero-order valence-electron chi connectivity index (χ0n) is 15.1. The number of aromatic nitrogens is 3. The van der Waals surface area contributed by atoms with Crippen molar-refractivity contribution in [2.24, 2.45) is 0 Å². The van der Waals surface area contributed by atoms with Crippen LogP contribution in [-0.2, 0) is 15.7 Å². The van der Waals surface area contributed by atoms with Gasteiger partial charge in [0, 0.05) is 0 Å². The van der Waals surface area contributed by atoms with Crippen molar-refractivity contribution in [3.8, 4) is 28.7 Å². The van der Waals surface area contributed by atoms with Crippen molar-refractivity contribution >= 4 is 23.2 Å². The lowest BCUT2D eigenvalue weighted by atomic mass is 10.2. The normalized spacial score (nSPS) is 11.0. The molecule has 7 nitrogen and oxygen atoms in total. The maximum atomic E-state index is 13.1. The van der Waals surface area contributed by atoms with E-state index < -0.39 is 36.0 Å². The highest BCUT2D eigenvalue weighted by Gasteiger charge is 2.31. The van der Waals surface area contributed by atoms with Gasteiger partial charge >= 0.3 is 12.1 Å². The number of hydrogen-bond acceptors (Lipinski definition) is 6. The molecule has 0 radical (unpaired) electrons. The summed E-state index contributed by atoms with van der Waals surface area (Å²) < 4.78 is 45.2. The molecule has 30 heavy (non-hydrogen) atoms. The van der Waals surface area contributed by atoms with Gasteiger partial charge < -0.3 is 10.1 Å². The van der Waals surface area contributed by atoms with Crippen molar-refractivity contribution in [2.45, 2.75) is 6.18 Å². The van der Waals surface area contributed by atoms with Crippen LogP contribution in [-0.4, -0.2) is 39.8 Å². The maximum Gasteiger partial charge on any atom is 0.416 e. The Labute approximate surface area is 172 Å². The molecule has 0 aliphatic carbocycles. The van der Waals surface area contributed by atoms with Crippen molar-refractivity contribution in [3.05, 3.63) is 53.2 Å². The van der Waals surface area contributed by atoms with E-state index in [1.54, 1.807) is 17.5 Å². The number of hydrogen-bond donors (Lipinski definition) is 1. The van der Waals surface area contributed by atoms with Crippen molar-refractivity contribution in [1.29, 1.82) is 0 Å². The summed E-state index contributed by atoms with van der Waals surface area (Å²) in [6.45, 7) is -0.631. The number of nitrogens with one attached hydrogen (secondary N) is 1. The second kappa shape index (κ2) is 8.79. The number of alkyl halides is 3. The van der Waals surface area contributed by atoms with E-state index in [-0.39, 0.29) is 18.1 Å². The first-order valence-electron chi connectivity index (χ1n) is 8.35. The third-order valence-electron chi connectivity index (χ3n) is 3.67. The molecule has 1 amide bonds. The van der Waals surface area contributed by atoms with Crippen molar-refractivity contribution in [1.82, 2.24) is 20.1 Å². The minimum absolute atomic E-state index is 0.0265. The summed E-state index contributed by atoms with van der Waals surface area (Å²) in [4.78, 5) is 28.5. The maximum absolute atomic E-state index is 13.1. The van der Waals surface area contributed by atoms with Gasteiger partial charge in [-0.15, -0.1) is 22.9 Å². The van der Waals surface area contributed by atoms with Gasteiger partial charge in [0.15, 0.2) is 12.4 Å². The summed E-state index contributed by atoms with van der Waals surface area (Å²) in [5.74, 6) is 0.337. The summed E-state index contributed by atoms with van der Waals surface area (Å²) in [6.07, 6.45) is 0.469. The summed E-state index contributed by atoms with van der Waals surface area (Å²) >= 11 is 1.27. The quantitative estimate of drug-likeness (QED) is 0.476. The van der Waals surface area contributed by atoms with Crippen LogP contribution in [0, 0.1) is 12.3 Å². The fraction of sp³-hybridized carbons (Fsp3) is 0.158. The first-order chi connectivity index (χ1) is 14.3. The summed E-state index contributed by atoms with van der Waals surface area (Å²) in [7, 11) is 0. The Hall–Kier alpha value is -3.65. The van der Waals surface area contributed by atoms with E-state index in [4.69, 9.17) is 11.2 Å². The average Bonchev–Trinajstić information content (AvgIpc) is 3.39. The number of amides is 1. The monoisotopic (exact) mass is 434 g/mol. The molecule has 2 heterocycles. The van der Waals surface area contributed by atoms with Crippen LogP contribution in [0.1, 0.15) is 16.2 Å². The molecule has 11 heteroatoms. The first-order valence-corrected chi connectivity index (χ1v) is 9.23. The molecule has 1 aromatic carbocycles. The minimum atomic E-state index is -4.55. The Morgan fingerprint density at radius 2 is 2.07 bits per heavy atom. The van der Waals surface area contributed by atoms with Gasteiger partial charge in [-0.05, 0) is 29.6 Å². The Balaban J connectivity index is 1.93. The molecule has 0 saturated heterocycles. The Kier molecular flexibility index (Phi) is 6.17. The molecule has 2 aromatic heterocycles. The number of rotatable bonds is 6. The van der Waals surface area contributed by atoms with Crippen molar-refractivity contribution in [2.75, 3.05) is 13.2 Å². The van der Waals surface area contributed by atoms with Gasteiger partial charge in [0.25, 0.3) is 11.7 Å². The lowest BCUT2D eigenvalue weighted by Gasteiger charge is -2.09. The molecule has 3 rings (SSSR count). The number of benzene rings is 1. The topological polar surface area (TPSA) is 86.1 Å². The second-order valence-corrected chi connectivity index (χ2v) is 6.70. The molecule has 0 spiro atoms. The molecule has 1 N–H and O–H groups in total. The number of terminal acetylenes is 1. The number of carbonyl (C=O) groups excluding carboxylic acids is 2. The predicted molar refractivity (Wildman–Crippen MR) is 102 cm³/mol. The standard InChI is InChI=1S/C19H13F3N4O3S/c1-2-8-23-15(27)11-29-18(28)16-24-17(14-7-4-9-30-14)26(25-16)13-6-3-5-12(10-13)19(20,21)22/h1,3-7,9-10H,8,11H2,(H,23,27). The molecule has 0 saturated carbocycles. The lowest BCUT2D eigenvalue weighted by molar-refractivity contribution is -0.137. The van der Waals surface area contributed by atoms with Crippen LogP contribution >= 0.6 is 11.3 Å². The number of carbonyl (C=O) groups is 2. The van der Waals surface area contributed by atoms with E-state index in [0.717, 1.165) is 16.8 Å². The molecule has 3 aromatic rings. The molecule has 0 atom stereocenters. The molecule has 0 aliphatic heterocycles. The van der Waals surface area contributed by atoms with Crippen LogP contribution in [0.3, 0.4) is 0 Å². The van der Waals surface area contributed by atoms with E-state index in [1.165, 1.54) is 23.5 Å². The van der Waals surface area contributed by atoms with E-state index in [0.29, 0.717) is 4.88 Å². The van der Waals surface area contributed by atoms with Gasteiger partial charge in [-0.3, -0.25) is 4.79 Å². The first kappa shape index (κ1) is 21.1. The molecular weight excluding hydrogens is 421 g/mol. The number of thiophene rings is 1. The minimum Gasteiger partial charge on any atom is -0.450 e. The van der Waals surface area contributed by atoms with Crippen LogP contribution in [0.25, 0.3) is 16.4 Å².